The lowest BCUT2D eigenvalue weighted by Gasteiger charge is -2.31. The van der Waals surface area contributed by atoms with Gasteiger partial charge in [-0.25, -0.2) is 0 Å². The average molecular weight is 404 g/mol. The van der Waals surface area contributed by atoms with Crippen LogP contribution in [-0.4, -0.2) is 56.9 Å². The van der Waals surface area contributed by atoms with Gasteiger partial charge in [0.05, 0.1) is 5.25 Å². The Morgan fingerprint density at radius 3 is 2.43 bits per heavy atom. The maximum atomic E-state index is 5.89. The Morgan fingerprint density at radius 2 is 1.79 bits per heavy atom. The average Bonchev–Trinajstić information content (AvgIpc) is 3.42. The van der Waals surface area contributed by atoms with Crippen molar-refractivity contribution in [2.45, 2.75) is 56.0 Å². The first-order valence-corrected chi connectivity index (χ1v) is 10.9. The second-order valence-corrected chi connectivity index (χ2v) is 9.37. The molecule has 0 spiro atoms. The van der Waals surface area contributed by atoms with Gasteiger partial charge in [0, 0.05) is 33.2 Å². The molecule has 1 aliphatic carbocycles. The van der Waals surface area contributed by atoms with Gasteiger partial charge in [-0.15, -0.1) is 10.2 Å². The molecule has 4 rings (SSSR count). The Kier molecular flexibility index (Phi) is 5.31. The van der Waals surface area contributed by atoms with Crippen molar-refractivity contribution in [2.24, 2.45) is 5.92 Å². The van der Waals surface area contributed by atoms with E-state index in [1.807, 2.05) is 19.0 Å². The summed E-state index contributed by atoms with van der Waals surface area (Å²) in [5.74, 6) is 3.30. The molecule has 0 amide bonds. The molecule has 3 heterocycles. The summed E-state index contributed by atoms with van der Waals surface area (Å²) in [5.41, 5.74) is 5.89. The van der Waals surface area contributed by atoms with Crippen molar-refractivity contribution in [3.8, 4) is 0 Å². The molecule has 28 heavy (non-hydrogen) atoms. The highest BCUT2D eigenvalue weighted by atomic mass is 32.2. The van der Waals surface area contributed by atoms with Gasteiger partial charge in [0.1, 0.15) is 5.82 Å². The van der Waals surface area contributed by atoms with Crippen molar-refractivity contribution in [1.82, 2.24) is 29.7 Å². The smallest absolute Gasteiger partial charge is 0.229 e. The van der Waals surface area contributed by atoms with Crippen LogP contribution in [-0.2, 0) is 0 Å². The van der Waals surface area contributed by atoms with Crippen LogP contribution in [0.15, 0.2) is 5.16 Å². The van der Waals surface area contributed by atoms with Gasteiger partial charge < -0.3 is 15.5 Å². The lowest BCUT2D eigenvalue weighted by atomic mass is 10.00. The number of nitrogens with two attached hydrogens (primary N) is 1. The quantitative estimate of drug-likeness (QED) is 0.729. The van der Waals surface area contributed by atoms with Gasteiger partial charge >= 0.3 is 0 Å². The molecule has 9 nitrogen and oxygen atoms in total. The zero-order valence-electron chi connectivity index (χ0n) is 17.0. The van der Waals surface area contributed by atoms with Gasteiger partial charge in [-0.2, -0.15) is 15.0 Å². The fraction of sp³-hybridized carbons (Fsp3) is 0.722. The first kappa shape index (κ1) is 19.2. The van der Waals surface area contributed by atoms with E-state index < -0.39 is 0 Å². The van der Waals surface area contributed by atoms with E-state index in [1.165, 1.54) is 25.7 Å². The first-order chi connectivity index (χ1) is 13.4. The molecule has 2 aromatic rings. The second-order valence-electron chi connectivity index (χ2n) is 8.06. The minimum atomic E-state index is -0.0000666. The van der Waals surface area contributed by atoms with Crippen molar-refractivity contribution in [2.75, 3.05) is 42.7 Å². The number of hydrogen-bond donors (Lipinski definition) is 1. The lowest BCUT2D eigenvalue weighted by molar-refractivity contribution is 0.429. The Labute approximate surface area is 170 Å². The van der Waals surface area contributed by atoms with Gasteiger partial charge in [-0.1, -0.05) is 18.7 Å². The Morgan fingerprint density at radius 1 is 1.07 bits per heavy atom. The lowest BCUT2D eigenvalue weighted by Crippen LogP contribution is -2.34. The molecule has 2 aliphatic rings. The molecule has 152 valence electrons. The predicted octanol–water partition coefficient (Wildman–Crippen LogP) is 2.54. The minimum Gasteiger partial charge on any atom is -0.368 e. The number of thioether (sulfide) groups is 1. The van der Waals surface area contributed by atoms with E-state index in [0.717, 1.165) is 30.1 Å². The molecule has 2 aromatic heterocycles. The monoisotopic (exact) mass is 403 g/mol. The van der Waals surface area contributed by atoms with Gasteiger partial charge in [0.2, 0.25) is 17.8 Å². The van der Waals surface area contributed by atoms with E-state index in [-0.39, 0.29) is 11.2 Å². The Balaban J connectivity index is 1.57. The minimum absolute atomic E-state index is 0.0000666. The number of anilines is 3. The number of hydrogen-bond acceptors (Lipinski definition) is 9. The van der Waals surface area contributed by atoms with E-state index >= 15 is 0 Å². The molecule has 0 unspecified atom stereocenters. The Hall–Kier alpha value is -2.10. The molecule has 0 bridgehead atoms. The topological polar surface area (TPSA) is 102 Å². The van der Waals surface area contributed by atoms with Gasteiger partial charge in [-0.3, -0.25) is 4.57 Å². The molecular formula is C18H29N9S. The zero-order chi connectivity index (χ0) is 19.8. The standard InChI is InChI=1S/C18H29N9S/c1-11-7-9-26(10-8-11)17-23-24-18(27(17)13-5-6-13)28-12(2)14-20-15(19)22-16(21-14)25(3)4/h11-13H,5-10H2,1-4H3,(H2,19,20,21,22)/t12-/m1/s1. The van der Waals surface area contributed by atoms with Crippen molar-refractivity contribution in [3.05, 3.63) is 5.82 Å². The fourth-order valence-corrected chi connectivity index (χ4v) is 4.38. The van der Waals surface area contributed by atoms with Crippen LogP contribution >= 0.6 is 11.8 Å². The SMILES string of the molecule is CC1CCN(c2nnc(S[C@H](C)c3nc(N)nc(N(C)C)n3)n2C2CC2)CC1. The molecule has 1 saturated carbocycles. The normalized spacial score (nSPS) is 19.1. The fourth-order valence-electron chi connectivity index (χ4n) is 3.42. The van der Waals surface area contributed by atoms with Crippen LogP contribution in [0.25, 0.3) is 0 Å². The number of rotatable bonds is 6. The zero-order valence-corrected chi connectivity index (χ0v) is 17.9. The highest BCUT2D eigenvalue weighted by molar-refractivity contribution is 7.99. The van der Waals surface area contributed by atoms with Crippen molar-refractivity contribution < 1.29 is 0 Å². The third-order valence-electron chi connectivity index (χ3n) is 5.33. The van der Waals surface area contributed by atoms with Crippen LogP contribution in [0.2, 0.25) is 0 Å². The predicted molar refractivity (Wildman–Crippen MR) is 112 cm³/mol. The summed E-state index contributed by atoms with van der Waals surface area (Å²) in [7, 11) is 3.79. The van der Waals surface area contributed by atoms with E-state index in [1.54, 1.807) is 11.8 Å². The maximum absolute atomic E-state index is 5.89. The van der Waals surface area contributed by atoms with Crippen molar-refractivity contribution in [1.29, 1.82) is 0 Å². The van der Waals surface area contributed by atoms with Gasteiger partial charge in [-0.05, 0) is 38.5 Å². The first-order valence-electron chi connectivity index (χ1n) is 9.97. The number of nitrogens with zero attached hydrogens (tertiary/aromatic N) is 8. The summed E-state index contributed by atoms with van der Waals surface area (Å²) in [5, 5.41) is 10.0. The van der Waals surface area contributed by atoms with Gasteiger partial charge in [0.15, 0.2) is 5.16 Å². The third-order valence-corrected chi connectivity index (χ3v) is 6.38. The number of aromatic nitrogens is 6. The summed E-state index contributed by atoms with van der Waals surface area (Å²) in [6.07, 6.45) is 4.82. The van der Waals surface area contributed by atoms with E-state index in [2.05, 4.69) is 48.5 Å². The van der Waals surface area contributed by atoms with Crippen LogP contribution in [0.1, 0.15) is 56.6 Å². The summed E-state index contributed by atoms with van der Waals surface area (Å²) in [6.45, 7) is 6.52. The van der Waals surface area contributed by atoms with Gasteiger partial charge in [0.25, 0.3) is 0 Å². The molecule has 1 saturated heterocycles. The number of piperidine rings is 1. The van der Waals surface area contributed by atoms with Crippen LogP contribution in [0.4, 0.5) is 17.8 Å². The van der Waals surface area contributed by atoms with Crippen LogP contribution < -0.4 is 15.5 Å². The summed E-state index contributed by atoms with van der Waals surface area (Å²) in [6, 6.07) is 0.514. The molecular weight excluding hydrogens is 374 g/mol. The number of nitrogen functional groups attached to an aromatic ring is 1. The molecule has 0 radical (unpaired) electrons. The second kappa shape index (κ2) is 7.73. The largest absolute Gasteiger partial charge is 0.368 e. The van der Waals surface area contributed by atoms with E-state index in [0.29, 0.717) is 17.8 Å². The maximum Gasteiger partial charge on any atom is 0.229 e. The molecule has 0 aromatic carbocycles. The van der Waals surface area contributed by atoms with Crippen molar-refractivity contribution in [3.63, 3.8) is 0 Å². The third kappa shape index (κ3) is 4.01. The van der Waals surface area contributed by atoms with Crippen LogP contribution in [0.3, 0.4) is 0 Å². The molecule has 2 fully saturated rings. The molecule has 1 aliphatic heterocycles. The summed E-state index contributed by atoms with van der Waals surface area (Å²) < 4.78 is 2.33. The molecule has 1 atom stereocenters. The summed E-state index contributed by atoms with van der Waals surface area (Å²) in [4.78, 5) is 17.3. The van der Waals surface area contributed by atoms with E-state index in [9.17, 15) is 0 Å². The van der Waals surface area contributed by atoms with E-state index in [4.69, 9.17) is 5.73 Å². The van der Waals surface area contributed by atoms with Crippen LogP contribution in [0.5, 0.6) is 0 Å². The highest BCUT2D eigenvalue weighted by Gasteiger charge is 2.33. The molecule has 2 N–H and O–H groups in total. The van der Waals surface area contributed by atoms with Crippen molar-refractivity contribution >= 4 is 29.6 Å². The summed E-state index contributed by atoms with van der Waals surface area (Å²) >= 11 is 1.64. The highest BCUT2D eigenvalue weighted by Crippen LogP contribution is 2.44. The molecule has 10 heteroatoms. The van der Waals surface area contributed by atoms with Crippen LogP contribution in [0, 0.1) is 5.92 Å². The Bertz CT molecular complexity index is 824.